The lowest BCUT2D eigenvalue weighted by molar-refractivity contribution is 0.340. The molecule has 1 aliphatic heterocycles. The molecule has 0 aliphatic carbocycles. The van der Waals surface area contributed by atoms with Gasteiger partial charge in [0, 0.05) is 6.04 Å². The number of benzene rings is 2. The molecule has 2 aromatic rings. The van der Waals surface area contributed by atoms with Crippen LogP contribution in [0, 0.1) is 0 Å². The van der Waals surface area contributed by atoms with Crippen LogP contribution in [-0.2, 0) is 12.8 Å². The van der Waals surface area contributed by atoms with Gasteiger partial charge in [-0.15, -0.1) is 0 Å². The number of rotatable bonds is 4. The van der Waals surface area contributed by atoms with E-state index in [-0.39, 0.29) is 0 Å². The van der Waals surface area contributed by atoms with Gasteiger partial charge in [-0.25, -0.2) is 0 Å². The van der Waals surface area contributed by atoms with E-state index < -0.39 is 0 Å². The summed E-state index contributed by atoms with van der Waals surface area (Å²) in [6, 6.07) is 17.7. The van der Waals surface area contributed by atoms with Crippen LogP contribution < -0.4 is 10.1 Å². The number of ether oxygens (including phenoxy) is 1. The van der Waals surface area contributed by atoms with E-state index in [1.54, 1.807) is 0 Å². The second-order valence-corrected chi connectivity index (χ2v) is 5.24. The molecule has 0 saturated heterocycles. The Bertz CT molecular complexity index is 562. The van der Waals surface area contributed by atoms with Crippen molar-refractivity contribution in [1.82, 2.24) is 5.32 Å². The van der Waals surface area contributed by atoms with Crippen molar-refractivity contribution in [2.45, 2.75) is 25.8 Å². The minimum atomic E-state index is 0.429. The van der Waals surface area contributed by atoms with Crippen LogP contribution >= 0.6 is 0 Å². The fourth-order valence-electron chi connectivity index (χ4n) is 2.90. The summed E-state index contributed by atoms with van der Waals surface area (Å²) in [5, 5.41) is 3.63. The van der Waals surface area contributed by atoms with Crippen molar-refractivity contribution in [2.75, 3.05) is 13.2 Å². The maximum absolute atomic E-state index is 5.49. The van der Waals surface area contributed by atoms with Crippen LogP contribution in [-0.4, -0.2) is 13.2 Å². The lowest BCUT2D eigenvalue weighted by Gasteiger charge is -2.27. The molecule has 104 valence electrons. The van der Waals surface area contributed by atoms with E-state index in [1.165, 1.54) is 16.7 Å². The Balaban J connectivity index is 1.75. The minimum Gasteiger partial charge on any atom is -0.494 e. The summed E-state index contributed by atoms with van der Waals surface area (Å²) in [4.78, 5) is 0. The summed E-state index contributed by atoms with van der Waals surface area (Å²) < 4.78 is 5.49. The van der Waals surface area contributed by atoms with Gasteiger partial charge in [0.2, 0.25) is 0 Å². The molecule has 1 heterocycles. The molecule has 1 unspecified atom stereocenters. The van der Waals surface area contributed by atoms with Gasteiger partial charge in [0.25, 0.3) is 0 Å². The minimum absolute atomic E-state index is 0.429. The highest BCUT2D eigenvalue weighted by Crippen LogP contribution is 2.26. The van der Waals surface area contributed by atoms with E-state index in [2.05, 4.69) is 53.8 Å². The summed E-state index contributed by atoms with van der Waals surface area (Å²) >= 11 is 0. The van der Waals surface area contributed by atoms with E-state index in [1.807, 2.05) is 6.92 Å². The molecular weight excluding hydrogens is 246 g/mol. The molecule has 0 radical (unpaired) electrons. The molecular formula is C18H21NO. The van der Waals surface area contributed by atoms with Crippen molar-refractivity contribution in [3.8, 4) is 5.75 Å². The zero-order chi connectivity index (χ0) is 13.8. The second-order valence-electron chi connectivity index (χ2n) is 5.24. The van der Waals surface area contributed by atoms with Gasteiger partial charge in [-0.3, -0.25) is 0 Å². The lowest BCUT2D eigenvalue weighted by Crippen LogP contribution is -2.31. The zero-order valence-electron chi connectivity index (χ0n) is 11.9. The molecule has 0 spiro atoms. The largest absolute Gasteiger partial charge is 0.494 e. The first kappa shape index (κ1) is 13.2. The van der Waals surface area contributed by atoms with Crippen molar-refractivity contribution in [3.05, 3.63) is 65.2 Å². The Labute approximate surface area is 120 Å². The first-order valence-corrected chi connectivity index (χ1v) is 7.39. The molecule has 0 amide bonds. The van der Waals surface area contributed by atoms with Crippen LogP contribution in [0.25, 0.3) is 0 Å². The number of hydrogen-bond donors (Lipinski definition) is 1. The Hall–Kier alpha value is -1.80. The van der Waals surface area contributed by atoms with Crippen LogP contribution in [0.4, 0.5) is 0 Å². The van der Waals surface area contributed by atoms with Gasteiger partial charge in [-0.05, 0) is 55.1 Å². The molecule has 0 bridgehead atoms. The standard InChI is InChI=1S/C18H21NO/c1-2-20-16-9-7-14(8-10-16)13-18-17-6-4-3-5-15(17)11-12-19-18/h3-10,18-19H,2,11-13H2,1H3. The molecule has 0 fully saturated rings. The molecule has 1 atom stereocenters. The summed E-state index contributed by atoms with van der Waals surface area (Å²) in [6.45, 7) is 3.80. The van der Waals surface area contributed by atoms with Crippen molar-refractivity contribution in [3.63, 3.8) is 0 Å². The van der Waals surface area contributed by atoms with E-state index >= 15 is 0 Å². The molecule has 2 nitrogen and oxygen atoms in total. The summed E-state index contributed by atoms with van der Waals surface area (Å²) in [6.07, 6.45) is 2.17. The Kier molecular flexibility index (Phi) is 4.03. The maximum atomic E-state index is 5.49. The third kappa shape index (κ3) is 2.86. The van der Waals surface area contributed by atoms with Gasteiger partial charge in [0.05, 0.1) is 6.61 Å². The van der Waals surface area contributed by atoms with Crippen LogP contribution in [0.15, 0.2) is 48.5 Å². The molecule has 2 heteroatoms. The molecule has 0 aromatic heterocycles. The van der Waals surface area contributed by atoms with Gasteiger partial charge >= 0.3 is 0 Å². The van der Waals surface area contributed by atoms with E-state index in [0.29, 0.717) is 6.04 Å². The zero-order valence-corrected chi connectivity index (χ0v) is 11.9. The first-order valence-electron chi connectivity index (χ1n) is 7.39. The molecule has 1 aliphatic rings. The fourth-order valence-corrected chi connectivity index (χ4v) is 2.90. The van der Waals surface area contributed by atoms with Crippen molar-refractivity contribution in [2.24, 2.45) is 0 Å². The quantitative estimate of drug-likeness (QED) is 0.915. The average Bonchev–Trinajstić information content (AvgIpc) is 2.50. The van der Waals surface area contributed by atoms with E-state index in [4.69, 9.17) is 4.74 Å². The van der Waals surface area contributed by atoms with Crippen LogP contribution in [0.5, 0.6) is 5.75 Å². The van der Waals surface area contributed by atoms with Crippen molar-refractivity contribution < 1.29 is 4.74 Å². The van der Waals surface area contributed by atoms with Crippen molar-refractivity contribution >= 4 is 0 Å². The fraction of sp³-hybridized carbons (Fsp3) is 0.333. The predicted molar refractivity (Wildman–Crippen MR) is 82.2 cm³/mol. The highest BCUT2D eigenvalue weighted by atomic mass is 16.5. The van der Waals surface area contributed by atoms with E-state index in [9.17, 15) is 0 Å². The highest BCUT2D eigenvalue weighted by Gasteiger charge is 2.19. The van der Waals surface area contributed by atoms with E-state index in [0.717, 1.165) is 31.7 Å². The third-order valence-electron chi connectivity index (χ3n) is 3.89. The monoisotopic (exact) mass is 267 g/mol. The Morgan fingerprint density at radius 3 is 2.70 bits per heavy atom. The lowest BCUT2D eigenvalue weighted by atomic mass is 9.90. The summed E-state index contributed by atoms with van der Waals surface area (Å²) in [5.74, 6) is 0.952. The topological polar surface area (TPSA) is 21.3 Å². The van der Waals surface area contributed by atoms with Crippen molar-refractivity contribution in [1.29, 1.82) is 0 Å². The predicted octanol–water partition coefficient (Wildman–Crippen LogP) is 3.51. The van der Waals surface area contributed by atoms with Crippen LogP contribution in [0.3, 0.4) is 0 Å². The number of hydrogen-bond acceptors (Lipinski definition) is 2. The highest BCUT2D eigenvalue weighted by molar-refractivity contribution is 5.35. The smallest absolute Gasteiger partial charge is 0.119 e. The molecule has 1 N–H and O–H groups in total. The average molecular weight is 267 g/mol. The summed E-state index contributed by atoms with van der Waals surface area (Å²) in [7, 11) is 0. The van der Waals surface area contributed by atoms with Crippen LogP contribution in [0.1, 0.15) is 29.7 Å². The summed E-state index contributed by atoms with van der Waals surface area (Å²) in [5.41, 5.74) is 4.29. The van der Waals surface area contributed by atoms with Gasteiger partial charge in [-0.1, -0.05) is 36.4 Å². The molecule has 3 rings (SSSR count). The third-order valence-corrected chi connectivity index (χ3v) is 3.89. The van der Waals surface area contributed by atoms with Gasteiger partial charge in [0.1, 0.15) is 5.75 Å². The van der Waals surface area contributed by atoms with Gasteiger partial charge < -0.3 is 10.1 Å². The first-order chi connectivity index (χ1) is 9.86. The molecule has 20 heavy (non-hydrogen) atoms. The Morgan fingerprint density at radius 2 is 1.90 bits per heavy atom. The number of fused-ring (bicyclic) bond motifs is 1. The molecule has 2 aromatic carbocycles. The number of nitrogens with one attached hydrogen (secondary N) is 1. The van der Waals surface area contributed by atoms with Gasteiger partial charge in [-0.2, -0.15) is 0 Å². The Morgan fingerprint density at radius 1 is 1.10 bits per heavy atom. The normalized spacial score (nSPS) is 17.6. The van der Waals surface area contributed by atoms with Gasteiger partial charge in [0.15, 0.2) is 0 Å². The maximum Gasteiger partial charge on any atom is 0.119 e. The SMILES string of the molecule is CCOc1ccc(CC2NCCc3ccccc32)cc1. The second kappa shape index (κ2) is 6.10. The van der Waals surface area contributed by atoms with Crippen LogP contribution in [0.2, 0.25) is 0 Å². The molecule has 0 saturated carbocycles.